The number of piperidine rings is 1. The first-order valence-electron chi connectivity index (χ1n) is 8.09. The number of fused-ring (bicyclic) bond motifs is 1. The molecule has 1 heterocycles. The van der Waals surface area contributed by atoms with Gasteiger partial charge in [0.2, 0.25) is 0 Å². The highest BCUT2D eigenvalue weighted by Crippen LogP contribution is 2.52. The lowest BCUT2D eigenvalue weighted by molar-refractivity contribution is 0.164. The average molecular weight is 342 g/mol. The molecular formula is C17H24F2N2OS. The molecule has 1 aromatic rings. The number of hydrogen-bond donors (Lipinski definition) is 2. The maximum atomic E-state index is 14.3. The van der Waals surface area contributed by atoms with E-state index in [-0.39, 0.29) is 11.5 Å². The summed E-state index contributed by atoms with van der Waals surface area (Å²) in [7, 11) is -1.29. The molecule has 0 amide bonds. The first-order chi connectivity index (χ1) is 10.7. The molecule has 3 nitrogen and oxygen atoms in total. The quantitative estimate of drug-likeness (QED) is 0.867. The highest BCUT2D eigenvalue weighted by molar-refractivity contribution is 7.84. The fourth-order valence-corrected chi connectivity index (χ4v) is 4.66. The Morgan fingerprint density at radius 3 is 2.52 bits per heavy atom. The summed E-state index contributed by atoms with van der Waals surface area (Å²) in [6, 6.07) is 2.09. The monoisotopic (exact) mass is 342 g/mol. The lowest BCUT2D eigenvalue weighted by Gasteiger charge is -2.40. The van der Waals surface area contributed by atoms with E-state index in [1.165, 1.54) is 6.07 Å². The Bertz CT molecular complexity index is 636. The standard InChI is InChI=1S/C17H24F2N2OS/c1-16(2,3)23(22)21-15-12-8-11(18)9-14(19)13(12)10-17(15)4-6-20-7-5-17/h8-9,15,20-21H,4-7,10H2,1-3H3/t15-,23?/m1/s1. The summed E-state index contributed by atoms with van der Waals surface area (Å²) in [6.45, 7) is 7.38. The largest absolute Gasteiger partial charge is 0.317 e. The third kappa shape index (κ3) is 3.08. The Balaban J connectivity index is 2.02. The normalized spacial score (nSPS) is 24.7. The predicted molar refractivity (Wildman–Crippen MR) is 88.4 cm³/mol. The van der Waals surface area contributed by atoms with Gasteiger partial charge < -0.3 is 5.32 Å². The van der Waals surface area contributed by atoms with Crippen molar-refractivity contribution in [3.63, 3.8) is 0 Å². The van der Waals surface area contributed by atoms with E-state index >= 15 is 0 Å². The van der Waals surface area contributed by atoms with E-state index in [4.69, 9.17) is 0 Å². The van der Waals surface area contributed by atoms with Crippen LogP contribution in [-0.4, -0.2) is 22.0 Å². The van der Waals surface area contributed by atoms with Crippen molar-refractivity contribution < 1.29 is 13.0 Å². The molecule has 0 saturated carbocycles. The average Bonchev–Trinajstić information content (AvgIpc) is 2.74. The number of benzene rings is 1. The van der Waals surface area contributed by atoms with E-state index < -0.39 is 27.4 Å². The van der Waals surface area contributed by atoms with Gasteiger partial charge in [0.15, 0.2) is 0 Å². The van der Waals surface area contributed by atoms with Crippen LogP contribution in [0.25, 0.3) is 0 Å². The topological polar surface area (TPSA) is 41.1 Å². The second kappa shape index (κ2) is 5.90. The van der Waals surface area contributed by atoms with E-state index in [0.717, 1.165) is 32.0 Å². The summed E-state index contributed by atoms with van der Waals surface area (Å²) in [4.78, 5) is 0. The van der Waals surface area contributed by atoms with Crippen molar-refractivity contribution in [3.8, 4) is 0 Å². The molecule has 6 heteroatoms. The fourth-order valence-electron chi connectivity index (χ4n) is 3.71. The van der Waals surface area contributed by atoms with Crippen molar-refractivity contribution in [1.82, 2.24) is 10.0 Å². The number of hydrogen-bond acceptors (Lipinski definition) is 2. The third-order valence-electron chi connectivity index (χ3n) is 5.03. The van der Waals surface area contributed by atoms with Crippen LogP contribution in [0.5, 0.6) is 0 Å². The molecule has 1 aromatic carbocycles. The first-order valence-corrected chi connectivity index (χ1v) is 9.24. The van der Waals surface area contributed by atoms with Crippen LogP contribution >= 0.6 is 0 Å². The van der Waals surface area contributed by atoms with Crippen LogP contribution in [0.15, 0.2) is 12.1 Å². The second-order valence-corrected chi connectivity index (χ2v) is 9.67. The molecular weight excluding hydrogens is 318 g/mol. The van der Waals surface area contributed by atoms with Crippen molar-refractivity contribution in [2.24, 2.45) is 5.41 Å². The van der Waals surface area contributed by atoms with Gasteiger partial charge in [-0.1, -0.05) is 0 Å². The van der Waals surface area contributed by atoms with E-state index in [1.54, 1.807) is 0 Å². The first kappa shape index (κ1) is 17.0. The lowest BCUT2D eigenvalue weighted by atomic mass is 9.73. The number of rotatable bonds is 2. The van der Waals surface area contributed by atoms with Crippen molar-refractivity contribution in [1.29, 1.82) is 0 Å². The van der Waals surface area contributed by atoms with Crippen LogP contribution < -0.4 is 10.0 Å². The second-order valence-electron chi connectivity index (χ2n) is 7.68. The maximum absolute atomic E-state index is 14.3. The highest BCUT2D eigenvalue weighted by atomic mass is 32.2. The van der Waals surface area contributed by atoms with Gasteiger partial charge in [0.05, 0.1) is 21.8 Å². The van der Waals surface area contributed by atoms with Gasteiger partial charge in [-0.15, -0.1) is 0 Å². The smallest absolute Gasteiger partial charge is 0.129 e. The SMILES string of the molecule is CC(C)(C)S(=O)N[C@@H]1c2cc(F)cc(F)c2CC12CCNCC2. The molecule has 2 aliphatic rings. The van der Waals surface area contributed by atoms with Gasteiger partial charge in [-0.25, -0.2) is 17.7 Å². The zero-order valence-electron chi connectivity index (χ0n) is 13.8. The van der Waals surface area contributed by atoms with Crippen LogP contribution in [0.2, 0.25) is 0 Å². The van der Waals surface area contributed by atoms with Crippen LogP contribution in [0.3, 0.4) is 0 Å². The minimum atomic E-state index is -1.29. The minimum Gasteiger partial charge on any atom is -0.317 e. The fraction of sp³-hybridized carbons (Fsp3) is 0.647. The predicted octanol–water partition coefficient (Wildman–Crippen LogP) is 2.98. The Hall–Kier alpha value is -0.850. The molecule has 0 radical (unpaired) electrons. The molecule has 0 bridgehead atoms. The molecule has 1 saturated heterocycles. The van der Waals surface area contributed by atoms with Gasteiger partial charge in [0, 0.05) is 6.07 Å². The van der Waals surface area contributed by atoms with E-state index in [2.05, 4.69) is 10.0 Å². The number of nitrogens with one attached hydrogen (secondary N) is 2. The Kier molecular flexibility index (Phi) is 4.36. The molecule has 1 aliphatic heterocycles. The van der Waals surface area contributed by atoms with E-state index in [9.17, 15) is 13.0 Å². The molecule has 128 valence electrons. The Morgan fingerprint density at radius 2 is 1.91 bits per heavy atom. The third-order valence-corrected chi connectivity index (χ3v) is 6.59. The zero-order valence-corrected chi connectivity index (χ0v) is 14.7. The van der Waals surface area contributed by atoms with Gasteiger partial charge in [-0.3, -0.25) is 0 Å². The van der Waals surface area contributed by atoms with Crippen LogP contribution in [-0.2, 0) is 17.4 Å². The van der Waals surface area contributed by atoms with Crippen molar-refractivity contribution in [2.75, 3.05) is 13.1 Å². The van der Waals surface area contributed by atoms with Gasteiger partial charge in [-0.05, 0) is 75.7 Å². The zero-order chi connectivity index (χ0) is 16.8. The summed E-state index contributed by atoms with van der Waals surface area (Å²) >= 11 is 0. The number of halogens is 2. The van der Waals surface area contributed by atoms with Crippen molar-refractivity contribution >= 4 is 11.0 Å². The molecule has 1 fully saturated rings. The van der Waals surface area contributed by atoms with Crippen molar-refractivity contribution in [2.45, 2.75) is 50.8 Å². The Morgan fingerprint density at radius 1 is 1.26 bits per heavy atom. The molecule has 3 rings (SSSR count). The lowest BCUT2D eigenvalue weighted by Crippen LogP contribution is -2.46. The minimum absolute atomic E-state index is 0.191. The van der Waals surface area contributed by atoms with Crippen LogP contribution in [0.1, 0.15) is 50.8 Å². The highest BCUT2D eigenvalue weighted by Gasteiger charge is 2.49. The molecule has 2 N–H and O–H groups in total. The molecule has 1 aliphatic carbocycles. The van der Waals surface area contributed by atoms with Gasteiger partial charge in [0.1, 0.15) is 11.6 Å². The van der Waals surface area contributed by atoms with E-state index in [0.29, 0.717) is 17.5 Å². The molecule has 23 heavy (non-hydrogen) atoms. The van der Waals surface area contributed by atoms with E-state index in [1.807, 2.05) is 20.8 Å². The summed E-state index contributed by atoms with van der Waals surface area (Å²) in [5.41, 5.74) is 1.03. The molecule has 1 spiro atoms. The molecule has 2 atom stereocenters. The maximum Gasteiger partial charge on any atom is 0.129 e. The van der Waals surface area contributed by atoms with Crippen LogP contribution in [0.4, 0.5) is 8.78 Å². The summed E-state index contributed by atoms with van der Waals surface area (Å²) in [6.07, 6.45) is 2.30. The Labute approximate surface area is 138 Å². The van der Waals surface area contributed by atoms with Gasteiger partial charge >= 0.3 is 0 Å². The summed E-state index contributed by atoms with van der Waals surface area (Å²) < 4.78 is 43.4. The molecule has 1 unspecified atom stereocenters. The van der Waals surface area contributed by atoms with Crippen LogP contribution in [0, 0.1) is 17.0 Å². The summed E-state index contributed by atoms with van der Waals surface area (Å²) in [5, 5.41) is 3.32. The summed E-state index contributed by atoms with van der Waals surface area (Å²) in [5.74, 6) is -1.05. The molecule has 0 aromatic heterocycles. The van der Waals surface area contributed by atoms with Crippen molar-refractivity contribution in [3.05, 3.63) is 34.9 Å². The van der Waals surface area contributed by atoms with Gasteiger partial charge in [0.25, 0.3) is 0 Å². The van der Waals surface area contributed by atoms with Gasteiger partial charge in [-0.2, -0.15) is 0 Å².